The number of benzene rings is 1. The maximum atomic E-state index is 13.3. The normalized spacial score (nSPS) is 16.9. The molecule has 0 unspecified atom stereocenters. The minimum atomic E-state index is -1.67. The highest BCUT2D eigenvalue weighted by atomic mass is 16.4. The van der Waals surface area contributed by atoms with Crippen LogP contribution in [0, 0.1) is 5.92 Å². The van der Waals surface area contributed by atoms with Gasteiger partial charge in [-0.3, -0.25) is 28.8 Å². The van der Waals surface area contributed by atoms with E-state index in [4.69, 9.17) is 5.73 Å². The van der Waals surface area contributed by atoms with Crippen LogP contribution < -0.4 is 32.3 Å². The molecule has 5 atom stereocenters. The van der Waals surface area contributed by atoms with Gasteiger partial charge in [0, 0.05) is 12.8 Å². The van der Waals surface area contributed by atoms with Crippen molar-refractivity contribution in [1.29, 1.82) is 0 Å². The number of amides is 5. The predicted octanol–water partition coefficient (Wildman–Crippen LogP) is -1.50. The molecule has 0 aliphatic carbocycles. The first-order valence-corrected chi connectivity index (χ1v) is 14.6. The van der Waals surface area contributed by atoms with Crippen LogP contribution in [0.4, 0.5) is 0 Å². The molecular weight excluding hydrogens is 592 g/mol. The second-order valence-electron chi connectivity index (χ2n) is 11.3. The maximum absolute atomic E-state index is 13.3. The number of carboxylic acids is 2. The van der Waals surface area contributed by atoms with Crippen molar-refractivity contribution in [2.24, 2.45) is 11.7 Å². The highest BCUT2D eigenvalue weighted by Gasteiger charge is 2.33. The van der Waals surface area contributed by atoms with Crippen molar-refractivity contribution in [3.8, 4) is 5.75 Å². The van der Waals surface area contributed by atoms with Gasteiger partial charge in [0.25, 0.3) is 0 Å². The molecular formula is C29H42N6O10. The molecule has 2 rings (SSSR count). The Morgan fingerprint density at radius 1 is 0.867 bits per heavy atom. The smallest absolute Gasteiger partial charge is 0.326 e. The second kappa shape index (κ2) is 17.5. The van der Waals surface area contributed by atoms with Crippen LogP contribution in [0.1, 0.15) is 57.9 Å². The fourth-order valence-corrected chi connectivity index (χ4v) is 4.72. The summed E-state index contributed by atoms with van der Waals surface area (Å²) < 4.78 is 0. The van der Waals surface area contributed by atoms with Gasteiger partial charge >= 0.3 is 11.9 Å². The highest BCUT2D eigenvalue weighted by Crippen LogP contribution is 2.13. The van der Waals surface area contributed by atoms with Crippen LogP contribution in [0.3, 0.4) is 0 Å². The summed E-state index contributed by atoms with van der Waals surface area (Å²) in [6.07, 6.45) is -0.289. The molecule has 1 aromatic rings. The molecule has 1 aliphatic heterocycles. The minimum absolute atomic E-state index is 0.0451. The first kappa shape index (κ1) is 36.5. The molecule has 0 bridgehead atoms. The van der Waals surface area contributed by atoms with Gasteiger partial charge in [0.1, 0.15) is 29.9 Å². The lowest BCUT2D eigenvalue weighted by Gasteiger charge is -2.26. The van der Waals surface area contributed by atoms with E-state index in [9.17, 15) is 48.9 Å². The van der Waals surface area contributed by atoms with Crippen LogP contribution in [0.2, 0.25) is 0 Å². The summed E-state index contributed by atoms with van der Waals surface area (Å²) in [5.41, 5.74) is 5.73. The monoisotopic (exact) mass is 634 g/mol. The Hall–Kier alpha value is -4.73. The number of nitrogens with one attached hydrogen (secondary N) is 5. The summed E-state index contributed by atoms with van der Waals surface area (Å²) in [5, 5.41) is 41.0. The number of primary amides is 1. The van der Waals surface area contributed by atoms with Crippen molar-refractivity contribution in [2.75, 3.05) is 6.54 Å². The molecule has 0 saturated carbocycles. The first-order chi connectivity index (χ1) is 21.2. The third-order valence-electron chi connectivity index (χ3n) is 7.03. The van der Waals surface area contributed by atoms with E-state index in [-0.39, 0.29) is 24.5 Å². The Morgan fingerprint density at radius 3 is 1.98 bits per heavy atom. The molecule has 0 aromatic heterocycles. The van der Waals surface area contributed by atoms with Gasteiger partial charge in [0.15, 0.2) is 0 Å². The standard InChI is InChI=1S/C29H42N6O10/c1-15(2)12-20(33-25(40)18-4-3-11-31-18)27(42)32-19(9-10-24(38)39)26(41)34-21(14-23(30)37)28(43)35-22(29(44)45)13-16-5-7-17(36)8-6-16/h5-8,15,18-22,31,36H,3-4,9-14H2,1-2H3,(H2,30,37)(H,32,42)(H,33,40)(H,34,41)(H,35,43)(H,38,39)(H,44,45)/t18-,19-,20-,21-,22-/m0/s1. The molecule has 10 N–H and O–H groups in total. The number of nitrogens with two attached hydrogens (primary N) is 1. The van der Waals surface area contributed by atoms with Gasteiger partial charge in [0.05, 0.1) is 12.5 Å². The SMILES string of the molecule is CC(C)C[C@H](NC(=O)[C@@H]1CCCN1)C(=O)N[C@@H](CCC(=O)O)C(=O)N[C@@H](CC(N)=O)C(=O)N[C@@H](Cc1ccc(O)cc1)C(=O)O. The van der Waals surface area contributed by atoms with E-state index in [2.05, 4.69) is 26.6 Å². The lowest BCUT2D eigenvalue weighted by Crippen LogP contribution is -2.59. The number of phenols is 1. The maximum Gasteiger partial charge on any atom is 0.326 e. The van der Waals surface area contributed by atoms with Crippen molar-refractivity contribution in [2.45, 2.75) is 89.0 Å². The number of phenolic OH excluding ortho intramolecular Hbond substituents is 1. The first-order valence-electron chi connectivity index (χ1n) is 14.6. The van der Waals surface area contributed by atoms with Crippen molar-refractivity contribution in [1.82, 2.24) is 26.6 Å². The fraction of sp³-hybridized carbons (Fsp3) is 0.552. The van der Waals surface area contributed by atoms with Gasteiger partial charge in [-0.25, -0.2) is 4.79 Å². The van der Waals surface area contributed by atoms with Gasteiger partial charge in [-0.05, 0) is 55.8 Å². The zero-order valence-corrected chi connectivity index (χ0v) is 25.2. The van der Waals surface area contributed by atoms with Crippen molar-refractivity contribution < 1.29 is 48.9 Å². The van der Waals surface area contributed by atoms with Crippen molar-refractivity contribution in [3.63, 3.8) is 0 Å². The third-order valence-corrected chi connectivity index (χ3v) is 7.03. The molecule has 1 heterocycles. The molecule has 1 aliphatic rings. The summed E-state index contributed by atoms with van der Waals surface area (Å²) in [6.45, 7) is 4.31. The van der Waals surface area contributed by atoms with Crippen LogP contribution in [0.5, 0.6) is 5.75 Å². The van der Waals surface area contributed by atoms with Gasteiger partial charge in [-0.1, -0.05) is 26.0 Å². The molecule has 1 aromatic carbocycles. The molecule has 1 fully saturated rings. The van der Waals surface area contributed by atoms with E-state index in [1.54, 1.807) is 0 Å². The number of carboxylic acid groups (broad SMARTS) is 2. The van der Waals surface area contributed by atoms with E-state index < -0.39 is 90.9 Å². The van der Waals surface area contributed by atoms with Crippen LogP contribution in [0.15, 0.2) is 24.3 Å². The van der Waals surface area contributed by atoms with Crippen LogP contribution in [-0.4, -0.2) is 93.5 Å². The number of rotatable bonds is 18. The van der Waals surface area contributed by atoms with E-state index >= 15 is 0 Å². The van der Waals surface area contributed by atoms with Gasteiger partial charge in [0.2, 0.25) is 29.5 Å². The summed E-state index contributed by atoms with van der Waals surface area (Å²) in [4.78, 5) is 87.4. The summed E-state index contributed by atoms with van der Waals surface area (Å²) >= 11 is 0. The minimum Gasteiger partial charge on any atom is -0.508 e. The van der Waals surface area contributed by atoms with E-state index in [0.717, 1.165) is 6.42 Å². The lowest BCUT2D eigenvalue weighted by molar-refractivity contribution is -0.142. The molecule has 0 spiro atoms. The molecule has 1 saturated heterocycles. The molecule has 45 heavy (non-hydrogen) atoms. The fourth-order valence-electron chi connectivity index (χ4n) is 4.72. The van der Waals surface area contributed by atoms with Crippen LogP contribution >= 0.6 is 0 Å². The zero-order chi connectivity index (χ0) is 33.7. The largest absolute Gasteiger partial charge is 0.508 e. The Labute approximate surface area is 259 Å². The van der Waals surface area contributed by atoms with Gasteiger partial charge in [-0.2, -0.15) is 0 Å². The average molecular weight is 635 g/mol. The number of hydrogen-bond donors (Lipinski definition) is 9. The van der Waals surface area contributed by atoms with Gasteiger partial charge < -0.3 is 47.6 Å². The lowest BCUT2D eigenvalue weighted by atomic mass is 10.0. The number of aliphatic carboxylic acids is 2. The Balaban J connectivity index is 2.21. The highest BCUT2D eigenvalue weighted by molar-refractivity contribution is 5.97. The third kappa shape index (κ3) is 12.8. The summed E-state index contributed by atoms with van der Waals surface area (Å²) in [5.74, 6) is -7.02. The topological polar surface area (TPSA) is 266 Å². The zero-order valence-electron chi connectivity index (χ0n) is 25.2. The van der Waals surface area contributed by atoms with Gasteiger partial charge in [-0.15, -0.1) is 0 Å². The van der Waals surface area contributed by atoms with E-state index in [1.807, 2.05) is 13.8 Å². The summed E-state index contributed by atoms with van der Waals surface area (Å²) in [6, 6.07) is -0.617. The van der Waals surface area contributed by atoms with E-state index in [0.29, 0.717) is 18.5 Å². The summed E-state index contributed by atoms with van der Waals surface area (Å²) in [7, 11) is 0. The van der Waals surface area contributed by atoms with Crippen LogP contribution in [0.25, 0.3) is 0 Å². The quantitative estimate of drug-likeness (QED) is 0.0896. The number of carbonyl (C=O) groups excluding carboxylic acids is 5. The van der Waals surface area contributed by atoms with E-state index in [1.165, 1.54) is 24.3 Å². The Morgan fingerprint density at radius 2 is 1.44 bits per heavy atom. The molecule has 16 heteroatoms. The predicted molar refractivity (Wildman–Crippen MR) is 158 cm³/mol. The van der Waals surface area contributed by atoms with Crippen molar-refractivity contribution in [3.05, 3.63) is 29.8 Å². The number of hydrogen-bond acceptors (Lipinski definition) is 9. The molecule has 248 valence electrons. The number of carbonyl (C=O) groups is 7. The average Bonchev–Trinajstić information content (AvgIpc) is 3.50. The van der Waals surface area contributed by atoms with Crippen molar-refractivity contribution >= 4 is 41.5 Å². The number of aromatic hydroxyl groups is 1. The molecule has 0 radical (unpaired) electrons. The van der Waals surface area contributed by atoms with Crippen LogP contribution in [-0.2, 0) is 40.0 Å². The Kier molecular flexibility index (Phi) is 14.2. The Bertz CT molecular complexity index is 1230. The molecule has 16 nitrogen and oxygen atoms in total. The molecule has 5 amide bonds. The second-order valence-corrected chi connectivity index (χ2v) is 11.3.